The van der Waals surface area contributed by atoms with Gasteiger partial charge in [0, 0.05) is 36.9 Å². The van der Waals surface area contributed by atoms with Gasteiger partial charge < -0.3 is 44.0 Å². The van der Waals surface area contributed by atoms with E-state index in [0.29, 0.717) is 60.8 Å². The van der Waals surface area contributed by atoms with Crippen molar-refractivity contribution in [3.05, 3.63) is 99.6 Å². The summed E-state index contributed by atoms with van der Waals surface area (Å²) in [7, 11) is 2.90. The number of aromatic nitrogens is 1. The number of carbonyl (C=O) groups excluding carboxylic acids is 3. The Morgan fingerprint density at radius 1 is 0.982 bits per heavy atom. The number of ether oxygens (including phenoxy) is 6. The van der Waals surface area contributed by atoms with E-state index in [0.717, 1.165) is 34.2 Å². The van der Waals surface area contributed by atoms with Crippen molar-refractivity contribution >= 4 is 40.9 Å². The molecule has 2 aliphatic rings. The van der Waals surface area contributed by atoms with Gasteiger partial charge in [0.15, 0.2) is 0 Å². The molecule has 0 saturated carbocycles. The summed E-state index contributed by atoms with van der Waals surface area (Å²) in [6, 6.07) is 20.3. The predicted octanol–water partition coefficient (Wildman–Crippen LogP) is 7.47. The summed E-state index contributed by atoms with van der Waals surface area (Å²) in [4.78, 5) is 45.6. The second-order valence-electron chi connectivity index (χ2n) is 14.9. The highest BCUT2D eigenvalue weighted by atomic mass is 35.5. The smallest absolute Gasteiger partial charge is 0.410 e. The minimum atomic E-state index is -0.666. The number of nitrogens with one attached hydrogen (secondary N) is 2. The van der Waals surface area contributed by atoms with Crippen LogP contribution in [0.5, 0.6) is 11.6 Å². The molecule has 1 fully saturated rings. The average Bonchev–Trinajstić information content (AvgIpc) is 3.15. The molecule has 0 unspecified atom stereocenters. The molecule has 1 saturated heterocycles. The Labute approximate surface area is 337 Å². The van der Waals surface area contributed by atoms with Crippen molar-refractivity contribution in [3.8, 4) is 22.9 Å². The molecule has 3 heterocycles. The first-order valence-electron chi connectivity index (χ1n) is 18.9. The van der Waals surface area contributed by atoms with Crippen molar-refractivity contribution in [1.29, 1.82) is 0 Å². The third kappa shape index (κ3) is 11.4. The van der Waals surface area contributed by atoms with E-state index in [1.165, 1.54) is 18.1 Å². The van der Waals surface area contributed by atoms with Crippen LogP contribution in [0.3, 0.4) is 0 Å². The summed E-state index contributed by atoms with van der Waals surface area (Å²) in [5.41, 5.74) is 5.48. The van der Waals surface area contributed by atoms with Crippen molar-refractivity contribution in [3.63, 3.8) is 0 Å². The molecular formula is C43H49ClN4O9. The van der Waals surface area contributed by atoms with Crippen LogP contribution >= 0.6 is 11.6 Å². The lowest BCUT2D eigenvalue weighted by Crippen LogP contribution is -2.36. The highest BCUT2D eigenvalue weighted by molar-refractivity contribution is 6.30. The molecule has 1 atom stereocenters. The lowest BCUT2D eigenvalue weighted by atomic mass is 9.99. The molecule has 2 aliphatic heterocycles. The van der Waals surface area contributed by atoms with Gasteiger partial charge in [-0.25, -0.2) is 14.6 Å². The molecular weight excluding hydrogens is 752 g/mol. The topological polar surface area (TPSA) is 147 Å². The molecule has 14 heteroatoms. The fraction of sp³-hybridized carbons (Fsp3) is 0.395. The van der Waals surface area contributed by atoms with Crippen LogP contribution in [-0.2, 0) is 49.8 Å². The Bertz CT molecular complexity index is 2080. The van der Waals surface area contributed by atoms with Crippen molar-refractivity contribution in [1.82, 2.24) is 9.88 Å². The Kier molecular flexibility index (Phi) is 13.6. The van der Waals surface area contributed by atoms with Crippen molar-refractivity contribution < 1.29 is 42.8 Å². The van der Waals surface area contributed by atoms with Gasteiger partial charge >= 0.3 is 12.1 Å². The van der Waals surface area contributed by atoms with Gasteiger partial charge in [-0.3, -0.25) is 4.79 Å². The Morgan fingerprint density at radius 2 is 1.81 bits per heavy atom. The first-order valence-corrected chi connectivity index (χ1v) is 19.3. The van der Waals surface area contributed by atoms with Crippen LogP contribution in [0, 0.1) is 0 Å². The quantitative estimate of drug-likeness (QED) is 0.146. The van der Waals surface area contributed by atoms with E-state index in [2.05, 4.69) is 10.6 Å². The van der Waals surface area contributed by atoms with Crippen LogP contribution < -0.4 is 20.1 Å². The van der Waals surface area contributed by atoms with Crippen LogP contribution in [-0.4, -0.2) is 86.6 Å². The molecule has 0 spiro atoms. The molecule has 2 amide bonds. The maximum absolute atomic E-state index is 14.1. The zero-order chi connectivity index (χ0) is 40.5. The van der Waals surface area contributed by atoms with Crippen LogP contribution in [0.4, 0.5) is 16.2 Å². The number of esters is 1. The number of benzene rings is 3. The molecule has 1 aromatic heterocycles. The second-order valence-corrected chi connectivity index (χ2v) is 15.3. The number of nitrogens with zero attached hydrogens (tertiary/aromatic N) is 2. The van der Waals surface area contributed by atoms with Crippen LogP contribution in [0.25, 0.3) is 11.3 Å². The Balaban J connectivity index is 1.26. The lowest BCUT2D eigenvalue weighted by Gasteiger charge is -2.28. The maximum Gasteiger partial charge on any atom is 0.410 e. The normalized spacial score (nSPS) is 15.1. The van der Waals surface area contributed by atoms with Crippen LogP contribution in [0.2, 0.25) is 5.02 Å². The zero-order valence-corrected chi connectivity index (χ0v) is 33.7. The molecule has 4 bridgehead atoms. The van der Waals surface area contributed by atoms with E-state index < -0.39 is 17.7 Å². The van der Waals surface area contributed by atoms with Crippen LogP contribution in [0.1, 0.15) is 59.8 Å². The lowest BCUT2D eigenvalue weighted by molar-refractivity contribution is -0.115. The number of hydrogen-bond donors (Lipinski definition) is 2. The van der Waals surface area contributed by atoms with Gasteiger partial charge in [0.05, 0.1) is 56.3 Å². The van der Waals surface area contributed by atoms with Crippen molar-refractivity contribution in [2.45, 2.75) is 65.0 Å². The Morgan fingerprint density at radius 3 is 2.56 bits per heavy atom. The molecule has 3 aromatic carbocycles. The van der Waals surface area contributed by atoms with E-state index in [1.807, 2.05) is 54.6 Å². The number of anilines is 2. The summed E-state index contributed by atoms with van der Waals surface area (Å²) in [6.45, 7) is 7.70. The van der Waals surface area contributed by atoms with E-state index in [1.54, 1.807) is 33.9 Å². The van der Waals surface area contributed by atoms with E-state index >= 15 is 0 Å². The fourth-order valence-corrected chi connectivity index (χ4v) is 6.41. The number of rotatable bonds is 11. The average molecular weight is 801 g/mol. The molecule has 57 heavy (non-hydrogen) atoms. The van der Waals surface area contributed by atoms with E-state index in [4.69, 9.17) is 45.0 Å². The van der Waals surface area contributed by atoms with E-state index in [-0.39, 0.29) is 49.5 Å². The van der Waals surface area contributed by atoms with Gasteiger partial charge in [-0.15, -0.1) is 0 Å². The number of likely N-dealkylation sites (N-methyl/N-ethyl adjacent to an activating group) is 1. The number of fused-ring (bicyclic) bond motifs is 6. The second kappa shape index (κ2) is 18.7. The van der Waals surface area contributed by atoms with Gasteiger partial charge in [0.1, 0.15) is 30.3 Å². The molecule has 13 nitrogen and oxygen atoms in total. The fourth-order valence-electron chi connectivity index (χ4n) is 6.21. The number of amides is 2. The van der Waals surface area contributed by atoms with Gasteiger partial charge in [0.25, 0.3) is 0 Å². The molecule has 0 aliphatic carbocycles. The Hall–Kier alpha value is -5.37. The van der Waals surface area contributed by atoms with Gasteiger partial charge in [-0.1, -0.05) is 35.9 Å². The monoisotopic (exact) mass is 800 g/mol. The number of pyridine rings is 1. The molecule has 0 radical (unpaired) electrons. The van der Waals surface area contributed by atoms with E-state index in [9.17, 15) is 14.4 Å². The summed E-state index contributed by atoms with van der Waals surface area (Å²) < 4.78 is 34.6. The first kappa shape index (κ1) is 41.3. The highest BCUT2D eigenvalue weighted by Crippen LogP contribution is 2.36. The summed E-state index contributed by atoms with van der Waals surface area (Å²) in [5, 5.41) is 7.01. The van der Waals surface area contributed by atoms with Crippen molar-refractivity contribution in [2.75, 3.05) is 57.7 Å². The summed E-state index contributed by atoms with van der Waals surface area (Å²) in [5.74, 6) is -0.206. The number of carbonyl (C=O) groups is 3. The number of methoxy groups -OCH3 is 1. The zero-order valence-electron chi connectivity index (χ0n) is 32.9. The summed E-state index contributed by atoms with van der Waals surface area (Å²) >= 11 is 6.34. The maximum atomic E-state index is 14.1. The summed E-state index contributed by atoms with van der Waals surface area (Å²) in [6.07, 6.45) is 0.954. The number of halogens is 1. The highest BCUT2D eigenvalue weighted by Gasteiger charge is 2.24. The molecule has 302 valence electrons. The molecule has 2 N–H and O–H groups in total. The SMILES string of the molecule is COC(=O)c1cc(NC[C@@H]2CCO2)c(NC(=O)Cc2ccc3cc2COCCc2cc(Cl)ccc2COc2cccc-3n2)c(OCCN(C)C(=O)OC(C)(C)C)c1. The molecule has 6 rings (SSSR count). The first-order chi connectivity index (χ1) is 27.3. The van der Waals surface area contributed by atoms with Crippen LogP contribution in [0.15, 0.2) is 66.7 Å². The standard InChI is InChI=1S/C43H49ClN4O9/c1-43(2,3)57-42(51)48(4)15-18-55-37-22-31(41(50)52-5)21-36(45-24-34-14-17-54-34)40(37)47-38(49)23-27-9-10-29-19-32(27)25-53-16-13-28-20-33(44)12-11-30(28)26-56-39-8-6-7-35(29)46-39/h6-12,19-22,34,45H,13-18,23-26H2,1-5H3,(H,47,49)/t34-/m0/s1. The largest absolute Gasteiger partial charge is 0.489 e. The minimum absolute atomic E-state index is 0.00125. The molecule has 4 aromatic rings. The predicted molar refractivity (Wildman–Crippen MR) is 216 cm³/mol. The van der Waals surface area contributed by atoms with Gasteiger partial charge in [-0.2, -0.15) is 0 Å². The third-order valence-electron chi connectivity index (χ3n) is 9.38. The third-order valence-corrected chi connectivity index (χ3v) is 9.62. The van der Waals surface area contributed by atoms with Crippen molar-refractivity contribution in [2.24, 2.45) is 0 Å². The minimum Gasteiger partial charge on any atom is -0.489 e. The van der Waals surface area contributed by atoms with Gasteiger partial charge in [0.2, 0.25) is 11.8 Å². The number of hydrogen-bond acceptors (Lipinski definition) is 11. The van der Waals surface area contributed by atoms with Gasteiger partial charge in [-0.05, 0) is 92.3 Å².